The van der Waals surface area contributed by atoms with Crippen LogP contribution in [0.4, 0.5) is 11.4 Å². The molecule has 1 saturated heterocycles. The van der Waals surface area contributed by atoms with Gasteiger partial charge in [0.05, 0.1) is 5.92 Å². The molecule has 96 valence electrons. The highest BCUT2D eigenvalue weighted by Gasteiger charge is 2.34. The van der Waals surface area contributed by atoms with Gasteiger partial charge in [0.25, 0.3) is 0 Å². The molecule has 1 aliphatic heterocycles. The first-order valence-electron chi connectivity index (χ1n) is 5.79. The minimum atomic E-state index is -0.907. The van der Waals surface area contributed by atoms with Gasteiger partial charge < -0.3 is 14.9 Å². The van der Waals surface area contributed by atoms with E-state index in [0.29, 0.717) is 0 Å². The highest BCUT2D eigenvalue weighted by atomic mass is 16.4. The molecule has 1 aromatic rings. The van der Waals surface area contributed by atoms with Crippen molar-refractivity contribution in [1.82, 2.24) is 0 Å². The molecule has 1 aromatic carbocycles. The van der Waals surface area contributed by atoms with Gasteiger partial charge in [0.2, 0.25) is 5.91 Å². The van der Waals surface area contributed by atoms with Crippen LogP contribution >= 0.6 is 0 Å². The zero-order valence-electron chi connectivity index (χ0n) is 10.5. The fourth-order valence-electron chi connectivity index (χ4n) is 2.05. The van der Waals surface area contributed by atoms with Crippen LogP contribution in [0.1, 0.15) is 6.42 Å². The van der Waals surface area contributed by atoms with Crippen LogP contribution < -0.4 is 9.80 Å². The van der Waals surface area contributed by atoms with Crippen molar-refractivity contribution < 1.29 is 14.7 Å². The Balaban J connectivity index is 2.17. The summed E-state index contributed by atoms with van der Waals surface area (Å²) in [6, 6.07) is 7.52. The SMILES string of the molecule is CN(C)c1ccc(N2C[C@@H](C(=O)O)CC2=O)cc1. The highest BCUT2D eigenvalue weighted by molar-refractivity contribution is 5.99. The van der Waals surface area contributed by atoms with E-state index >= 15 is 0 Å². The second-order valence-corrected chi connectivity index (χ2v) is 4.65. The molecule has 1 amide bonds. The van der Waals surface area contributed by atoms with E-state index in [1.807, 2.05) is 43.3 Å². The van der Waals surface area contributed by atoms with E-state index in [2.05, 4.69) is 0 Å². The minimum absolute atomic E-state index is 0.0881. The number of anilines is 2. The lowest BCUT2D eigenvalue weighted by molar-refractivity contribution is -0.141. The predicted molar refractivity (Wildman–Crippen MR) is 68.9 cm³/mol. The monoisotopic (exact) mass is 248 g/mol. The van der Waals surface area contributed by atoms with Gasteiger partial charge in [0, 0.05) is 38.4 Å². The van der Waals surface area contributed by atoms with Crippen LogP contribution in [0.15, 0.2) is 24.3 Å². The third-order valence-electron chi connectivity index (χ3n) is 3.15. The van der Waals surface area contributed by atoms with Gasteiger partial charge in [-0.15, -0.1) is 0 Å². The van der Waals surface area contributed by atoms with Gasteiger partial charge in [0.15, 0.2) is 0 Å². The number of rotatable bonds is 3. The van der Waals surface area contributed by atoms with Crippen molar-refractivity contribution in [3.05, 3.63) is 24.3 Å². The van der Waals surface area contributed by atoms with Gasteiger partial charge in [-0.1, -0.05) is 0 Å². The quantitative estimate of drug-likeness (QED) is 0.872. The maximum Gasteiger partial charge on any atom is 0.308 e. The van der Waals surface area contributed by atoms with Crippen LogP contribution in [0.3, 0.4) is 0 Å². The zero-order chi connectivity index (χ0) is 13.3. The van der Waals surface area contributed by atoms with Crippen molar-refractivity contribution in [3.63, 3.8) is 0 Å². The number of hydrogen-bond donors (Lipinski definition) is 1. The smallest absolute Gasteiger partial charge is 0.308 e. The highest BCUT2D eigenvalue weighted by Crippen LogP contribution is 2.26. The molecule has 0 saturated carbocycles. The van der Waals surface area contributed by atoms with Crippen LogP contribution in [-0.2, 0) is 9.59 Å². The summed E-state index contributed by atoms with van der Waals surface area (Å²) in [4.78, 5) is 26.2. The van der Waals surface area contributed by atoms with E-state index in [-0.39, 0.29) is 18.9 Å². The van der Waals surface area contributed by atoms with Gasteiger partial charge in [0.1, 0.15) is 0 Å². The Kier molecular flexibility index (Phi) is 3.23. The fraction of sp³-hybridized carbons (Fsp3) is 0.385. The molecule has 0 spiro atoms. The van der Waals surface area contributed by atoms with Crippen molar-refractivity contribution in [1.29, 1.82) is 0 Å². The summed E-state index contributed by atoms with van der Waals surface area (Å²) in [5.41, 5.74) is 1.80. The molecule has 1 heterocycles. The van der Waals surface area contributed by atoms with Crippen LogP contribution in [-0.4, -0.2) is 37.6 Å². The number of carboxylic acid groups (broad SMARTS) is 1. The third-order valence-corrected chi connectivity index (χ3v) is 3.15. The van der Waals surface area contributed by atoms with E-state index in [0.717, 1.165) is 11.4 Å². The largest absolute Gasteiger partial charge is 0.481 e. The molecule has 1 atom stereocenters. The lowest BCUT2D eigenvalue weighted by Gasteiger charge is -2.18. The number of carboxylic acids is 1. The van der Waals surface area contributed by atoms with Gasteiger partial charge >= 0.3 is 5.97 Å². The number of aliphatic carboxylic acids is 1. The maximum absolute atomic E-state index is 11.8. The predicted octanol–water partition coefficient (Wildman–Crippen LogP) is 1.19. The lowest BCUT2D eigenvalue weighted by atomic mass is 10.1. The molecular formula is C13H16N2O3. The molecule has 1 aliphatic rings. The lowest BCUT2D eigenvalue weighted by Crippen LogP contribution is -2.25. The summed E-state index contributed by atoms with van der Waals surface area (Å²) in [6.07, 6.45) is 0.0881. The molecular weight excluding hydrogens is 232 g/mol. The van der Waals surface area contributed by atoms with Crippen molar-refractivity contribution in [2.75, 3.05) is 30.4 Å². The van der Waals surface area contributed by atoms with E-state index in [1.54, 1.807) is 0 Å². The molecule has 0 aliphatic carbocycles. The number of amides is 1. The Bertz CT molecular complexity index is 468. The van der Waals surface area contributed by atoms with Crippen LogP contribution in [0, 0.1) is 5.92 Å². The number of carbonyl (C=O) groups excluding carboxylic acids is 1. The van der Waals surface area contributed by atoms with Crippen molar-refractivity contribution in [2.24, 2.45) is 5.92 Å². The Morgan fingerprint density at radius 3 is 2.39 bits per heavy atom. The summed E-state index contributed by atoms with van der Waals surface area (Å²) in [5.74, 6) is -1.62. The van der Waals surface area contributed by atoms with Crippen molar-refractivity contribution >= 4 is 23.3 Å². The number of nitrogens with zero attached hydrogens (tertiary/aromatic N) is 2. The number of benzene rings is 1. The third kappa shape index (κ3) is 2.30. The first-order chi connectivity index (χ1) is 8.49. The molecule has 0 bridgehead atoms. The summed E-state index contributed by atoms with van der Waals surface area (Å²) in [5, 5.41) is 8.93. The summed E-state index contributed by atoms with van der Waals surface area (Å²) < 4.78 is 0. The van der Waals surface area contributed by atoms with Crippen LogP contribution in [0.5, 0.6) is 0 Å². The minimum Gasteiger partial charge on any atom is -0.481 e. The van der Waals surface area contributed by atoms with Crippen molar-refractivity contribution in [3.8, 4) is 0 Å². The Hall–Kier alpha value is -2.04. The Morgan fingerprint density at radius 1 is 1.33 bits per heavy atom. The van der Waals surface area contributed by atoms with Crippen molar-refractivity contribution in [2.45, 2.75) is 6.42 Å². The average molecular weight is 248 g/mol. The van der Waals surface area contributed by atoms with E-state index < -0.39 is 11.9 Å². The second kappa shape index (κ2) is 4.68. The van der Waals surface area contributed by atoms with E-state index in [4.69, 9.17) is 5.11 Å². The second-order valence-electron chi connectivity index (χ2n) is 4.65. The average Bonchev–Trinajstić information content (AvgIpc) is 2.71. The van der Waals surface area contributed by atoms with Crippen LogP contribution in [0.2, 0.25) is 0 Å². The molecule has 0 radical (unpaired) electrons. The van der Waals surface area contributed by atoms with Gasteiger partial charge in [-0.05, 0) is 24.3 Å². The summed E-state index contributed by atoms with van der Waals surface area (Å²) in [6.45, 7) is 0.259. The Morgan fingerprint density at radius 2 is 1.94 bits per heavy atom. The molecule has 1 N–H and O–H groups in total. The van der Waals surface area contributed by atoms with Crippen LogP contribution in [0.25, 0.3) is 0 Å². The summed E-state index contributed by atoms with van der Waals surface area (Å²) in [7, 11) is 3.88. The first kappa shape index (κ1) is 12.4. The van der Waals surface area contributed by atoms with Gasteiger partial charge in [-0.3, -0.25) is 9.59 Å². The Labute approximate surface area is 106 Å². The number of hydrogen-bond acceptors (Lipinski definition) is 3. The van der Waals surface area contributed by atoms with Gasteiger partial charge in [-0.25, -0.2) is 0 Å². The zero-order valence-corrected chi connectivity index (χ0v) is 10.5. The fourth-order valence-corrected chi connectivity index (χ4v) is 2.05. The van der Waals surface area contributed by atoms with E-state index in [9.17, 15) is 9.59 Å². The normalized spacial score (nSPS) is 19.1. The topological polar surface area (TPSA) is 60.9 Å². The molecule has 5 heteroatoms. The molecule has 18 heavy (non-hydrogen) atoms. The standard InChI is InChI=1S/C13H16N2O3/c1-14(2)10-3-5-11(6-4-10)15-8-9(13(17)18)7-12(15)16/h3-6,9H,7-8H2,1-2H3,(H,17,18)/t9-/m0/s1. The first-order valence-corrected chi connectivity index (χ1v) is 5.79. The molecule has 0 unspecified atom stereocenters. The van der Waals surface area contributed by atoms with E-state index in [1.165, 1.54) is 4.90 Å². The maximum atomic E-state index is 11.8. The number of carbonyl (C=O) groups is 2. The summed E-state index contributed by atoms with van der Waals surface area (Å²) >= 11 is 0. The molecule has 0 aromatic heterocycles. The molecule has 2 rings (SSSR count). The molecule has 1 fully saturated rings. The van der Waals surface area contributed by atoms with Gasteiger partial charge in [-0.2, -0.15) is 0 Å². The molecule has 5 nitrogen and oxygen atoms in total.